The number of likely N-dealkylation sites (tertiary alicyclic amines) is 1. The van der Waals surface area contributed by atoms with Gasteiger partial charge in [0.15, 0.2) is 0 Å². The van der Waals surface area contributed by atoms with E-state index in [4.69, 9.17) is 4.74 Å². The van der Waals surface area contributed by atoms with E-state index in [1.54, 1.807) is 0 Å². The molecule has 2 amide bonds. The van der Waals surface area contributed by atoms with E-state index >= 15 is 0 Å². The molecule has 2 aliphatic rings. The smallest absolute Gasteiger partial charge is 0.261 e. The minimum absolute atomic E-state index is 0. The number of carbonyl (C=O) groups excluding carboxylic acids is 2. The molecular weight excluding hydrogens is 500 g/mol. The Morgan fingerprint density at radius 2 is 1.53 bits per heavy atom. The van der Waals surface area contributed by atoms with Crippen molar-refractivity contribution in [2.45, 2.75) is 45.1 Å². The van der Waals surface area contributed by atoms with Gasteiger partial charge >= 0.3 is 0 Å². The SMILES string of the molecule is CC(C)(C)c1ccccc1OCC(O)CN1CCC(CN2C(=O)c3cccc4cccc(c34)C2=O)CC1.Cl. The van der Waals surface area contributed by atoms with Gasteiger partial charge < -0.3 is 14.7 Å². The van der Waals surface area contributed by atoms with E-state index in [1.807, 2.05) is 54.6 Å². The van der Waals surface area contributed by atoms with Gasteiger partial charge in [0.25, 0.3) is 11.8 Å². The lowest BCUT2D eigenvalue weighted by molar-refractivity contribution is 0.0451. The highest BCUT2D eigenvalue weighted by Gasteiger charge is 2.35. The second-order valence-electron chi connectivity index (χ2n) is 11.4. The van der Waals surface area contributed by atoms with Crippen LogP contribution in [0.4, 0.5) is 0 Å². The molecule has 202 valence electrons. The number of imide groups is 1. The Morgan fingerprint density at radius 1 is 0.921 bits per heavy atom. The standard InChI is InChI=1S/C31H36N2O4.ClH/c1-31(2,3)26-12-4-5-13-27(26)37-20-23(34)19-32-16-14-21(15-17-32)18-33-29(35)24-10-6-8-22-9-7-11-25(28(22)24)30(33)36;/h4-13,21,23,34H,14-20H2,1-3H3;1H. The van der Waals surface area contributed by atoms with Gasteiger partial charge in [0.05, 0.1) is 0 Å². The molecule has 1 saturated heterocycles. The summed E-state index contributed by atoms with van der Waals surface area (Å²) in [5, 5.41) is 12.3. The number of ether oxygens (including phenoxy) is 1. The van der Waals surface area contributed by atoms with Gasteiger partial charge in [-0.2, -0.15) is 0 Å². The molecule has 0 saturated carbocycles. The molecule has 5 rings (SSSR count). The number of para-hydroxylation sites is 1. The third-order valence-corrected chi connectivity index (χ3v) is 7.60. The molecule has 7 heteroatoms. The number of carbonyl (C=O) groups is 2. The number of hydrogen-bond acceptors (Lipinski definition) is 5. The van der Waals surface area contributed by atoms with Crippen LogP contribution >= 0.6 is 12.4 Å². The number of rotatable bonds is 7. The first-order chi connectivity index (χ1) is 17.7. The van der Waals surface area contributed by atoms with Gasteiger partial charge in [0.1, 0.15) is 18.5 Å². The van der Waals surface area contributed by atoms with Crippen LogP contribution in [0.3, 0.4) is 0 Å². The monoisotopic (exact) mass is 536 g/mol. The Labute approximate surface area is 231 Å². The molecular formula is C31H37ClN2O4. The van der Waals surface area contributed by atoms with Crippen molar-refractivity contribution < 1.29 is 19.4 Å². The van der Waals surface area contributed by atoms with Gasteiger partial charge in [-0.15, -0.1) is 12.4 Å². The van der Waals surface area contributed by atoms with Crippen molar-refractivity contribution in [2.75, 3.05) is 32.8 Å². The van der Waals surface area contributed by atoms with E-state index in [9.17, 15) is 14.7 Å². The van der Waals surface area contributed by atoms with E-state index < -0.39 is 6.10 Å². The molecule has 2 aliphatic heterocycles. The number of nitrogens with zero attached hydrogens (tertiary/aromatic N) is 2. The number of amides is 2. The van der Waals surface area contributed by atoms with Crippen LogP contribution in [-0.2, 0) is 5.41 Å². The number of hydrogen-bond donors (Lipinski definition) is 1. The number of piperidine rings is 1. The van der Waals surface area contributed by atoms with E-state index in [0.29, 0.717) is 24.2 Å². The molecule has 0 radical (unpaired) electrons. The largest absolute Gasteiger partial charge is 0.491 e. The fourth-order valence-corrected chi connectivity index (χ4v) is 5.60. The quantitative estimate of drug-likeness (QED) is 0.415. The molecule has 1 atom stereocenters. The first-order valence-corrected chi connectivity index (χ1v) is 13.2. The molecule has 3 aromatic rings. The van der Waals surface area contributed by atoms with Gasteiger partial charge in [-0.25, -0.2) is 0 Å². The van der Waals surface area contributed by atoms with Crippen LogP contribution in [0.2, 0.25) is 0 Å². The van der Waals surface area contributed by atoms with Gasteiger partial charge in [-0.1, -0.05) is 63.2 Å². The van der Waals surface area contributed by atoms with E-state index in [0.717, 1.165) is 48.0 Å². The van der Waals surface area contributed by atoms with Crippen LogP contribution in [0.1, 0.15) is 59.9 Å². The van der Waals surface area contributed by atoms with Crippen molar-refractivity contribution in [3.63, 3.8) is 0 Å². The van der Waals surface area contributed by atoms with Gasteiger partial charge in [-0.3, -0.25) is 14.5 Å². The zero-order valence-electron chi connectivity index (χ0n) is 22.4. The average Bonchev–Trinajstić information content (AvgIpc) is 2.89. The van der Waals surface area contributed by atoms with Gasteiger partial charge in [-0.05, 0) is 66.4 Å². The van der Waals surface area contributed by atoms with Crippen molar-refractivity contribution in [3.8, 4) is 5.75 Å². The molecule has 1 fully saturated rings. The maximum Gasteiger partial charge on any atom is 0.261 e. The summed E-state index contributed by atoms with van der Waals surface area (Å²) in [6.07, 6.45) is 1.17. The molecule has 38 heavy (non-hydrogen) atoms. The molecule has 0 spiro atoms. The summed E-state index contributed by atoms with van der Waals surface area (Å²) in [4.78, 5) is 30.1. The minimum atomic E-state index is -0.591. The van der Waals surface area contributed by atoms with Crippen LogP contribution in [-0.4, -0.2) is 65.6 Å². The zero-order chi connectivity index (χ0) is 26.2. The van der Waals surface area contributed by atoms with E-state index in [-0.39, 0.29) is 42.2 Å². The highest BCUT2D eigenvalue weighted by molar-refractivity contribution is 6.25. The molecule has 0 bridgehead atoms. The number of aliphatic hydroxyl groups excluding tert-OH is 1. The highest BCUT2D eigenvalue weighted by Crippen LogP contribution is 2.32. The molecule has 1 N–H and O–H groups in total. The fraction of sp³-hybridized carbons (Fsp3) is 0.419. The molecule has 3 aromatic carbocycles. The number of aliphatic hydroxyl groups is 1. The summed E-state index contributed by atoms with van der Waals surface area (Å²) in [5.74, 6) is 0.682. The second kappa shape index (κ2) is 11.4. The topological polar surface area (TPSA) is 70.1 Å². The van der Waals surface area contributed by atoms with E-state index in [1.165, 1.54) is 4.90 Å². The zero-order valence-corrected chi connectivity index (χ0v) is 23.2. The lowest BCUT2D eigenvalue weighted by atomic mass is 9.86. The normalized spacial score (nSPS) is 17.4. The van der Waals surface area contributed by atoms with Crippen molar-refractivity contribution in [2.24, 2.45) is 5.92 Å². The minimum Gasteiger partial charge on any atom is -0.491 e. The lowest BCUT2D eigenvalue weighted by Gasteiger charge is -2.36. The number of benzene rings is 3. The summed E-state index contributed by atoms with van der Waals surface area (Å²) >= 11 is 0. The third-order valence-electron chi connectivity index (χ3n) is 7.60. The van der Waals surface area contributed by atoms with Crippen molar-refractivity contribution in [1.29, 1.82) is 0 Å². The predicted octanol–water partition coefficient (Wildman–Crippen LogP) is 5.31. The average molecular weight is 537 g/mol. The van der Waals surface area contributed by atoms with Crippen LogP contribution in [0, 0.1) is 5.92 Å². The Bertz CT molecular complexity index is 1260. The summed E-state index contributed by atoms with van der Waals surface area (Å²) in [7, 11) is 0. The number of β-amino-alcohol motifs (C(OH)–C–C–N with tert-alkyl or cyclic N) is 1. The highest BCUT2D eigenvalue weighted by atomic mass is 35.5. The first-order valence-electron chi connectivity index (χ1n) is 13.2. The fourth-order valence-electron chi connectivity index (χ4n) is 5.60. The Balaban J connectivity index is 0.00000336. The second-order valence-corrected chi connectivity index (χ2v) is 11.4. The molecule has 2 heterocycles. The maximum atomic E-state index is 13.2. The van der Waals surface area contributed by atoms with Crippen LogP contribution in [0.5, 0.6) is 5.75 Å². The summed E-state index contributed by atoms with van der Waals surface area (Å²) in [6, 6.07) is 19.3. The third kappa shape index (κ3) is 5.73. The summed E-state index contributed by atoms with van der Waals surface area (Å²) in [6.45, 7) is 9.33. The predicted molar refractivity (Wildman–Crippen MR) is 152 cm³/mol. The number of halogens is 1. The van der Waals surface area contributed by atoms with Gasteiger partial charge in [0.2, 0.25) is 0 Å². The Morgan fingerprint density at radius 3 is 2.13 bits per heavy atom. The van der Waals surface area contributed by atoms with Crippen molar-refractivity contribution in [1.82, 2.24) is 9.80 Å². The first kappa shape index (κ1) is 28.1. The Hall–Kier alpha value is -2.93. The van der Waals surface area contributed by atoms with Crippen molar-refractivity contribution >= 4 is 35.0 Å². The van der Waals surface area contributed by atoms with Crippen LogP contribution in [0.15, 0.2) is 60.7 Å². The summed E-state index contributed by atoms with van der Waals surface area (Å²) < 4.78 is 6.01. The van der Waals surface area contributed by atoms with Crippen molar-refractivity contribution in [3.05, 3.63) is 77.4 Å². The van der Waals surface area contributed by atoms with Crippen LogP contribution in [0.25, 0.3) is 10.8 Å². The molecule has 0 aromatic heterocycles. The van der Waals surface area contributed by atoms with Gasteiger partial charge in [0, 0.05) is 29.6 Å². The Kier molecular flexibility index (Phi) is 8.46. The molecule has 0 aliphatic carbocycles. The molecule has 1 unspecified atom stereocenters. The van der Waals surface area contributed by atoms with Crippen LogP contribution < -0.4 is 4.74 Å². The van der Waals surface area contributed by atoms with E-state index in [2.05, 4.69) is 31.7 Å². The maximum absolute atomic E-state index is 13.2. The molecule has 6 nitrogen and oxygen atoms in total. The summed E-state index contributed by atoms with van der Waals surface area (Å²) in [5.41, 5.74) is 2.32. The lowest BCUT2D eigenvalue weighted by Crippen LogP contribution is -2.46.